The van der Waals surface area contributed by atoms with Gasteiger partial charge < -0.3 is 13.9 Å². The summed E-state index contributed by atoms with van der Waals surface area (Å²) in [5.74, 6) is 2.29. The highest BCUT2D eigenvalue weighted by Crippen LogP contribution is 2.42. The van der Waals surface area contributed by atoms with Crippen LogP contribution in [0.2, 0.25) is 0 Å². The highest BCUT2D eigenvalue weighted by Gasteiger charge is 2.23. The van der Waals surface area contributed by atoms with Crippen molar-refractivity contribution < 1.29 is 9.30 Å². The van der Waals surface area contributed by atoms with Crippen molar-refractivity contribution in [3.8, 4) is 51.2 Å². The first-order valence-corrected chi connectivity index (χ1v) is 26.3. The number of ether oxygens (including phenoxy) is 1. The van der Waals surface area contributed by atoms with Gasteiger partial charge in [-0.05, 0) is 114 Å². The minimum absolute atomic E-state index is 0.0731. The van der Waals surface area contributed by atoms with E-state index in [1.165, 1.54) is 43.7 Å². The summed E-state index contributed by atoms with van der Waals surface area (Å²) in [7, 11) is 0. The molecule has 5 heterocycles. The molecule has 7 nitrogen and oxygen atoms in total. The summed E-state index contributed by atoms with van der Waals surface area (Å²) in [4.78, 5) is 5.05. The van der Waals surface area contributed by atoms with E-state index in [1.807, 2.05) is 12.3 Å². The van der Waals surface area contributed by atoms with Crippen LogP contribution in [0.3, 0.4) is 0 Å². The second kappa shape index (κ2) is 17.3. The van der Waals surface area contributed by atoms with Gasteiger partial charge in [0.1, 0.15) is 17.3 Å². The van der Waals surface area contributed by atoms with Gasteiger partial charge in [-0.15, -0.1) is 0 Å². The van der Waals surface area contributed by atoms with Crippen LogP contribution in [0.25, 0.3) is 116 Å². The largest absolute Gasteiger partial charge is 0.458 e. The molecule has 0 aliphatic heterocycles. The molecule has 0 unspecified atom stereocenters. The Hall–Kier alpha value is -9.98. The molecule has 0 spiro atoms. The van der Waals surface area contributed by atoms with Crippen molar-refractivity contribution in [1.29, 1.82) is 0 Å². The molecule has 0 saturated heterocycles. The minimum atomic E-state index is -0.0731. The van der Waals surface area contributed by atoms with Gasteiger partial charge in [0.15, 0.2) is 0 Å². The van der Waals surface area contributed by atoms with E-state index in [2.05, 4.69) is 287 Å². The maximum Gasteiger partial charge on any atom is 0.269 e. The number of fused-ring (bicyclic) bond motifs is 10. The van der Waals surface area contributed by atoms with Crippen LogP contribution >= 0.6 is 0 Å². The Balaban J connectivity index is 0.852. The summed E-state index contributed by atoms with van der Waals surface area (Å²) in [6.07, 6.45) is 5.72. The van der Waals surface area contributed by atoms with Crippen LogP contribution in [0.5, 0.6) is 11.5 Å². The Morgan fingerprint density at radius 1 is 0.429 bits per heavy atom. The van der Waals surface area contributed by atoms with Crippen molar-refractivity contribution >= 4 is 76.5 Å². The van der Waals surface area contributed by atoms with Crippen LogP contribution in [0, 0.1) is 6.33 Å². The SMILES string of the molecule is CC(C)(C)c1ccnc(-n2c3ccc(-c4cccc5c6ccccc6n(-c6ccccc6)c45)cc3c3ccc(Oc4cccc(-n5[c-][n+](-c6ccccc6-n6c7ccccc7c7ccccc76)c6ccccc65)c4)cc32)c1. The summed E-state index contributed by atoms with van der Waals surface area (Å²) in [6.45, 7) is 6.75. The maximum absolute atomic E-state index is 6.92. The Bertz CT molecular complexity index is 4780. The number of hydrogen-bond donors (Lipinski definition) is 0. The van der Waals surface area contributed by atoms with E-state index in [9.17, 15) is 0 Å². The summed E-state index contributed by atoms with van der Waals surface area (Å²) in [5, 5.41) is 7.15. The predicted molar refractivity (Wildman–Crippen MR) is 315 cm³/mol. The molecule has 7 heteroatoms. The van der Waals surface area contributed by atoms with Gasteiger partial charge in [0.2, 0.25) is 0 Å². The maximum atomic E-state index is 6.92. The van der Waals surface area contributed by atoms with Gasteiger partial charge >= 0.3 is 0 Å². The fourth-order valence-electron chi connectivity index (χ4n) is 11.9. The van der Waals surface area contributed by atoms with Crippen LogP contribution < -0.4 is 9.30 Å². The van der Waals surface area contributed by atoms with E-state index < -0.39 is 0 Å². The van der Waals surface area contributed by atoms with Crippen LogP contribution in [-0.2, 0) is 5.41 Å². The molecule has 5 aromatic heterocycles. The quantitative estimate of drug-likeness (QED) is 0.112. The van der Waals surface area contributed by atoms with Crippen LogP contribution in [-0.4, -0.2) is 23.3 Å². The Morgan fingerprint density at radius 2 is 1.04 bits per heavy atom. The molecule has 0 amide bonds. The lowest BCUT2D eigenvalue weighted by Crippen LogP contribution is -2.31. The predicted octanol–water partition coefficient (Wildman–Crippen LogP) is 17.2. The average Bonchev–Trinajstić information content (AvgIpc) is 4.37. The Kier molecular flexibility index (Phi) is 10.00. The summed E-state index contributed by atoms with van der Waals surface area (Å²) >= 11 is 0. The molecule has 0 radical (unpaired) electrons. The smallest absolute Gasteiger partial charge is 0.269 e. The Morgan fingerprint density at radius 3 is 1.82 bits per heavy atom. The monoisotopic (exact) mass is 990 g/mol. The fraction of sp³-hybridized carbons (Fsp3) is 0.0571. The fourth-order valence-corrected chi connectivity index (χ4v) is 11.9. The number of hydrogen-bond acceptors (Lipinski definition) is 2. The molecule has 77 heavy (non-hydrogen) atoms. The zero-order valence-corrected chi connectivity index (χ0v) is 42.8. The molecular weight excluding hydrogens is 941 g/mol. The number of pyridine rings is 1. The van der Waals surface area contributed by atoms with Gasteiger partial charge in [-0.25, -0.2) is 4.98 Å². The lowest BCUT2D eigenvalue weighted by atomic mass is 9.88. The molecule has 366 valence electrons. The molecule has 15 rings (SSSR count). The van der Waals surface area contributed by atoms with Gasteiger partial charge in [-0.3, -0.25) is 13.7 Å². The van der Waals surface area contributed by atoms with E-state index in [0.29, 0.717) is 5.75 Å². The van der Waals surface area contributed by atoms with Gasteiger partial charge in [0.05, 0.1) is 61.2 Å². The van der Waals surface area contributed by atoms with Crippen LogP contribution in [0.1, 0.15) is 26.3 Å². The molecule has 0 N–H and O–H groups in total. The second-order valence-electron chi connectivity index (χ2n) is 21.0. The lowest BCUT2D eigenvalue weighted by Gasteiger charge is -2.20. The van der Waals surface area contributed by atoms with E-state index in [-0.39, 0.29) is 5.41 Å². The average molecular weight is 991 g/mol. The van der Waals surface area contributed by atoms with Crippen molar-refractivity contribution in [3.05, 3.63) is 261 Å². The normalized spacial score (nSPS) is 12.1. The number of aromatic nitrogens is 6. The number of imidazole rings is 1. The molecule has 0 aliphatic rings. The highest BCUT2D eigenvalue weighted by molar-refractivity contribution is 6.16. The van der Waals surface area contributed by atoms with Gasteiger partial charge in [-0.2, -0.15) is 0 Å². The zero-order chi connectivity index (χ0) is 51.4. The van der Waals surface area contributed by atoms with Crippen molar-refractivity contribution in [3.63, 3.8) is 0 Å². The van der Waals surface area contributed by atoms with E-state index in [0.717, 1.165) is 83.8 Å². The number of benzene rings is 10. The first kappa shape index (κ1) is 44.5. The van der Waals surface area contributed by atoms with Gasteiger partial charge in [0, 0.05) is 55.8 Å². The molecule has 10 aromatic carbocycles. The van der Waals surface area contributed by atoms with Gasteiger partial charge in [0.25, 0.3) is 6.33 Å². The summed E-state index contributed by atoms with van der Waals surface area (Å²) < 4.78 is 18.3. The van der Waals surface area contributed by atoms with Crippen LogP contribution in [0.4, 0.5) is 0 Å². The Labute approximate surface area is 445 Å². The highest BCUT2D eigenvalue weighted by atomic mass is 16.5. The number of nitrogens with zero attached hydrogens (tertiary/aromatic N) is 6. The summed E-state index contributed by atoms with van der Waals surface area (Å²) in [6, 6.07) is 86.5. The zero-order valence-electron chi connectivity index (χ0n) is 42.8. The molecule has 0 aliphatic carbocycles. The van der Waals surface area contributed by atoms with Crippen LogP contribution in [0.15, 0.2) is 249 Å². The number of para-hydroxylation sites is 9. The molecular formula is C70H50N6O. The molecule has 0 fully saturated rings. The number of rotatable bonds is 8. The third kappa shape index (κ3) is 7.11. The lowest BCUT2D eigenvalue weighted by molar-refractivity contribution is -0.572. The van der Waals surface area contributed by atoms with Crippen molar-refractivity contribution in [1.82, 2.24) is 23.3 Å². The topological polar surface area (TPSA) is 45.7 Å². The third-order valence-corrected chi connectivity index (χ3v) is 15.4. The molecule has 15 aromatic rings. The van der Waals surface area contributed by atoms with Gasteiger partial charge in [-0.1, -0.05) is 160 Å². The van der Waals surface area contributed by atoms with Crippen molar-refractivity contribution in [2.75, 3.05) is 0 Å². The van der Waals surface area contributed by atoms with E-state index in [4.69, 9.17) is 9.72 Å². The molecule has 0 bridgehead atoms. The summed E-state index contributed by atoms with van der Waals surface area (Å²) in [5.41, 5.74) is 16.4. The molecule has 0 saturated carbocycles. The van der Waals surface area contributed by atoms with Crippen molar-refractivity contribution in [2.24, 2.45) is 0 Å². The molecule has 0 atom stereocenters. The first-order valence-electron chi connectivity index (χ1n) is 26.3. The van der Waals surface area contributed by atoms with Crippen molar-refractivity contribution in [2.45, 2.75) is 26.2 Å². The first-order chi connectivity index (χ1) is 37.8. The third-order valence-electron chi connectivity index (χ3n) is 15.4. The van der Waals surface area contributed by atoms with E-state index >= 15 is 0 Å². The minimum Gasteiger partial charge on any atom is -0.458 e. The van der Waals surface area contributed by atoms with E-state index in [1.54, 1.807) is 0 Å². The second-order valence-corrected chi connectivity index (χ2v) is 21.0. The standard InChI is InChI=1S/C70H50N6O/c1-70(2,3)47-39-40-71-68(42-47)76-62-38-35-46(52-26-18-27-57-55-25-9-10-28-59(55)74(69(52)57)48-19-5-4-6-20-48)41-58(62)56-37-36-51(44-67(56)76)77-50-22-17-21-49(43-50)72-45-73(64-32-14-13-31-63(64)72)65-33-15-16-34-66(65)75-60-29-11-7-23-53(60)54-24-8-12-30-61(54)75/h4-44H,1-3H3.